The van der Waals surface area contributed by atoms with Gasteiger partial charge in [-0.3, -0.25) is 9.59 Å². The summed E-state index contributed by atoms with van der Waals surface area (Å²) in [5.41, 5.74) is 13.1. The van der Waals surface area contributed by atoms with Crippen molar-refractivity contribution < 1.29 is 9.59 Å². The van der Waals surface area contributed by atoms with Crippen LogP contribution in [0.25, 0.3) is 0 Å². The molecule has 2 amide bonds. The number of hydrogen-bond acceptors (Lipinski definition) is 5. The lowest BCUT2D eigenvalue weighted by Crippen LogP contribution is -2.51. The third-order valence-corrected chi connectivity index (χ3v) is 5.06. The second-order valence-corrected chi connectivity index (χ2v) is 6.78. The van der Waals surface area contributed by atoms with Crippen LogP contribution < -0.4 is 16.4 Å². The van der Waals surface area contributed by atoms with Gasteiger partial charge < -0.3 is 21.3 Å². The second-order valence-electron chi connectivity index (χ2n) is 6.78. The number of hydrogen-bond donors (Lipinski definition) is 2. The van der Waals surface area contributed by atoms with Gasteiger partial charge in [-0.25, -0.2) is 4.98 Å². The van der Waals surface area contributed by atoms with Crippen molar-refractivity contribution in [3.05, 3.63) is 59.8 Å². The van der Waals surface area contributed by atoms with Crippen LogP contribution in [0.15, 0.2) is 48.7 Å². The lowest BCUT2D eigenvalue weighted by Gasteiger charge is -2.37. The van der Waals surface area contributed by atoms with E-state index in [0.717, 1.165) is 5.56 Å². The van der Waals surface area contributed by atoms with Gasteiger partial charge in [0.15, 0.2) is 0 Å². The highest BCUT2D eigenvalue weighted by Gasteiger charge is 2.30. The molecule has 4 N–H and O–H groups in total. The van der Waals surface area contributed by atoms with E-state index in [-0.39, 0.29) is 17.9 Å². The van der Waals surface area contributed by atoms with Crippen molar-refractivity contribution in [2.75, 3.05) is 31.1 Å². The number of benzene rings is 1. The molecule has 0 saturated carbocycles. The molecule has 0 radical (unpaired) electrons. The number of piperazine rings is 1. The third-order valence-electron chi connectivity index (χ3n) is 5.06. The molecule has 1 fully saturated rings. The van der Waals surface area contributed by atoms with E-state index >= 15 is 0 Å². The number of amides is 2. The molecule has 2 unspecified atom stereocenters. The van der Waals surface area contributed by atoms with E-state index in [4.69, 9.17) is 11.5 Å². The molecule has 27 heavy (non-hydrogen) atoms. The normalized spacial score (nSPS) is 16.7. The smallest absolute Gasteiger partial charge is 0.252 e. The number of primary amides is 1. The largest absolute Gasteiger partial charge is 0.365 e. The highest BCUT2D eigenvalue weighted by Crippen LogP contribution is 2.23. The Labute approximate surface area is 159 Å². The standard InChI is InChI=1S/C20H25N5O2/c1-14(17(21)15-6-3-2-4-7-15)20(27)25-12-10-24(11-13-25)19-16(18(22)26)8-5-9-23-19/h2-9,14,17H,10-13,21H2,1H3,(H2,22,26). The number of nitrogens with zero attached hydrogens (tertiary/aromatic N) is 3. The van der Waals surface area contributed by atoms with Gasteiger partial charge >= 0.3 is 0 Å². The number of pyridine rings is 1. The van der Waals surface area contributed by atoms with Gasteiger partial charge in [0.1, 0.15) is 5.82 Å². The highest BCUT2D eigenvalue weighted by atomic mass is 16.2. The number of nitrogens with two attached hydrogens (primary N) is 2. The lowest BCUT2D eigenvalue weighted by molar-refractivity contribution is -0.136. The topological polar surface area (TPSA) is 106 Å². The van der Waals surface area contributed by atoms with Crippen LogP contribution in [0.1, 0.15) is 28.9 Å². The fourth-order valence-electron chi connectivity index (χ4n) is 3.39. The van der Waals surface area contributed by atoms with Crippen molar-refractivity contribution in [1.29, 1.82) is 0 Å². The molecule has 1 aromatic heterocycles. The summed E-state index contributed by atoms with van der Waals surface area (Å²) in [5, 5.41) is 0. The van der Waals surface area contributed by atoms with Gasteiger partial charge in [-0.15, -0.1) is 0 Å². The fourth-order valence-corrected chi connectivity index (χ4v) is 3.39. The summed E-state index contributed by atoms with van der Waals surface area (Å²) >= 11 is 0. The summed E-state index contributed by atoms with van der Waals surface area (Å²) in [6, 6.07) is 12.7. The van der Waals surface area contributed by atoms with E-state index in [2.05, 4.69) is 4.98 Å². The highest BCUT2D eigenvalue weighted by molar-refractivity contribution is 5.97. The first-order chi connectivity index (χ1) is 13.0. The van der Waals surface area contributed by atoms with E-state index in [1.165, 1.54) is 0 Å². The van der Waals surface area contributed by atoms with Gasteiger partial charge in [0.2, 0.25) is 5.91 Å². The maximum absolute atomic E-state index is 12.9. The summed E-state index contributed by atoms with van der Waals surface area (Å²) in [6.45, 7) is 4.17. The van der Waals surface area contributed by atoms with Crippen LogP contribution in [-0.2, 0) is 4.79 Å². The molecule has 1 saturated heterocycles. The van der Waals surface area contributed by atoms with Gasteiger partial charge in [-0.1, -0.05) is 37.3 Å². The van der Waals surface area contributed by atoms with Crippen LogP contribution >= 0.6 is 0 Å². The molecular weight excluding hydrogens is 342 g/mol. The molecular formula is C20H25N5O2. The Morgan fingerprint density at radius 3 is 2.33 bits per heavy atom. The van der Waals surface area contributed by atoms with Crippen LogP contribution in [0.5, 0.6) is 0 Å². The Bertz CT molecular complexity index is 803. The van der Waals surface area contributed by atoms with Gasteiger partial charge in [0.05, 0.1) is 11.5 Å². The number of rotatable bonds is 5. The van der Waals surface area contributed by atoms with Crippen LogP contribution in [0, 0.1) is 5.92 Å². The first kappa shape index (κ1) is 18.8. The van der Waals surface area contributed by atoms with E-state index in [1.807, 2.05) is 47.1 Å². The molecule has 2 aromatic rings. The Morgan fingerprint density at radius 1 is 1.04 bits per heavy atom. The zero-order valence-electron chi connectivity index (χ0n) is 15.4. The zero-order chi connectivity index (χ0) is 19.4. The number of aromatic nitrogens is 1. The Kier molecular flexibility index (Phi) is 5.71. The minimum absolute atomic E-state index is 0.0437. The molecule has 0 bridgehead atoms. The first-order valence-electron chi connectivity index (χ1n) is 9.08. The average molecular weight is 367 g/mol. The van der Waals surface area contributed by atoms with E-state index < -0.39 is 5.91 Å². The predicted molar refractivity (Wildman–Crippen MR) is 104 cm³/mol. The van der Waals surface area contributed by atoms with Crippen LogP contribution in [-0.4, -0.2) is 47.9 Å². The van der Waals surface area contributed by atoms with E-state index in [0.29, 0.717) is 37.6 Å². The molecule has 3 rings (SSSR count). The molecule has 0 spiro atoms. The zero-order valence-corrected chi connectivity index (χ0v) is 15.4. The SMILES string of the molecule is CC(C(=O)N1CCN(c2ncccc2C(N)=O)CC1)C(N)c1ccccc1. The van der Waals surface area contributed by atoms with E-state index in [1.54, 1.807) is 18.3 Å². The van der Waals surface area contributed by atoms with Gasteiger partial charge in [-0.2, -0.15) is 0 Å². The van der Waals surface area contributed by atoms with Crippen LogP contribution in [0.4, 0.5) is 5.82 Å². The van der Waals surface area contributed by atoms with Gasteiger partial charge in [0, 0.05) is 38.4 Å². The molecule has 2 heterocycles. The van der Waals surface area contributed by atoms with Gasteiger partial charge in [0.25, 0.3) is 5.91 Å². The van der Waals surface area contributed by atoms with E-state index in [9.17, 15) is 9.59 Å². The number of carbonyl (C=O) groups excluding carboxylic acids is 2. The number of anilines is 1. The molecule has 1 aromatic carbocycles. The summed E-state index contributed by atoms with van der Waals surface area (Å²) in [7, 11) is 0. The van der Waals surface area contributed by atoms with Crippen molar-refractivity contribution >= 4 is 17.6 Å². The first-order valence-corrected chi connectivity index (χ1v) is 9.08. The Morgan fingerprint density at radius 2 is 1.70 bits per heavy atom. The quantitative estimate of drug-likeness (QED) is 0.825. The number of carbonyl (C=O) groups is 2. The average Bonchev–Trinajstić information content (AvgIpc) is 2.73. The Balaban J connectivity index is 1.64. The Hall–Kier alpha value is -2.93. The summed E-state index contributed by atoms with van der Waals surface area (Å²) in [6.07, 6.45) is 1.64. The second kappa shape index (κ2) is 8.18. The predicted octanol–water partition coefficient (Wildman–Crippen LogP) is 1.17. The molecule has 1 aliphatic heterocycles. The maximum atomic E-state index is 12.9. The van der Waals surface area contributed by atoms with Gasteiger partial charge in [-0.05, 0) is 17.7 Å². The van der Waals surface area contributed by atoms with Crippen molar-refractivity contribution in [2.24, 2.45) is 17.4 Å². The van der Waals surface area contributed by atoms with Crippen molar-refractivity contribution in [3.63, 3.8) is 0 Å². The van der Waals surface area contributed by atoms with Crippen LogP contribution in [0.3, 0.4) is 0 Å². The molecule has 7 nitrogen and oxygen atoms in total. The molecule has 142 valence electrons. The maximum Gasteiger partial charge on any atom is 0.252 e. The summed E-state index contributed by atoms with van der Waals surface area (Å²) in [5.74, 6) is -0.192. The minimum Gasteiger partial charge on any atom is -0.365 e. The minimum atomic E-state index is -0.501. The lowest BCUT2D eigenvalue weighted by atomic mass is 9.94. The molecule has 0 aliphatic carbocycles. The van der Waals surface area contributed by atoms with Crippen LogP contribution in [0.2, 0.25) is 0 Å². The van der Waals surface area contributed by atoms with Crippen molar-refractivity contribution in [3.8, 4) is 0 Å². The molecule has 1 aliphatic rings. The third kappa shape index (κ3) is 4.09. The fraction of sp³-hybridized carbons (Fsp3) is 0.350. The molecule has 7 heteroatoms. The summed E-state index contributed by atoms with van der Waals surface area (Å²) < 4.78 is 0. The van der Waals surface area contributed by atoms with Crippen molar-refractivity contribution in [1.82, 2.24) is 9.88 Å². The monoisotopic (exact) mass is 367 g/mol. The summed E-state index contributed by atoms with van der Waals surface area (Å²) in [4.78, 5) is 32.6. The molecule has 2 atom stereocenters. The van der Waals surface area contributed by atoms with Crippen molar-refractivity contribution in [2.45, 2.75) is 13.0 Å².